The summed E-state index contributed by atoms with van der Waals surface area (Å²) >= 11 is 5.73. The molecule has 5 nitrogen and oxygen atoms in total. The molecule has 0 aromatic heterocycles. The van der Waals surface area contributed by atoms with Crippen LogP contribution in [0.15, 0.2) is 11.2 Å². The van der Waals surface area contributed by atoms with Gasteiger partial charge in [0.2, 0.25) is 5.37 Å². The van der Waals surface area contributed by atoms with E-state index < -0.39 is 27.6 Å². The van der Waals surface area contributed by atoms with Crippen LogP contribution < -0.4 is 5.73 Å². The zero-order valence-electron chi connectivity index (χ0n) is 7.01. The first kappa shape index (κ1) is 9.82. The second kappa shape index (κ2) is 3.15. The third kappa shape index (κ3) is 1.22. The van der Waals surface area contributed by atoms with Gasteiger partial charge in [-0.25, -0.2) is 0 Å². The molecule has 1 fully saturated rings. The lowest BCUT2D eigenvalue weighted by atomic mass is 10.1. The van der Waals surface area contributed by atoms with Gasteiger partial charge in [-0.1, -0.05) is 11.6 Å². The lowest BCUT2D eigenvalue weighted by molar-refractivity contribution is -0.140. The number of β-lactam (4-membered cyclic amide) rings is 1. The molecule has 2 unspecified atom stereocenters. The molecule has 0 aliphatic carbocycles. The Morgan fingerprint density at radius 3 is 3.00 bits per heavy atom. The Kier molecular flexibility index (Phi) is 2.21. The van der Waals surface area contributed by atoms with Crippen LogP contribution in [0.4, 0.5) is 4.79 Å². The number of nitrogens with zero attached hydrogens (tertiary/aromatic N) is 1. The summed E-state index contributed by atoms with van der Waals surface area (Å²) in [4.78, 5) is 23.4. The molecule has 0 saturated carbocycles. The van der Waals surface area contributed by atoms with Crippen molar-refractivity contribution in [3.63, 3.8) is 0 Å². The van der Waals surface area contributed by atoms with Crippen molar-refractivity contribution in [3.8, 4) is 0 Å². The van der Waals surface area contributed by atoms with Crippen molar-refractivity contribution in [2.45, 2.75) is 11.4 Å². The van der Waals surface area contributed by atoms with Crippen molar-refractivity contribution in [1.82, 2.24) is 4.90 Å². The van der Waals surface area contributed by atoms with Crippen LogP contribution in [0.3, 0.4) is 0 Å². The Morgan fingerprint density at radius 2 is 2.43 bits per heavy atom. The van der Waals surface area contributed by atoms with E-state index in [1.165, 1.54) is 11.1 Å². The molecule has 0 aromatic rings. The quantitative estimate of drug-likeness (QED) is 0.453. The number of amides is 1. The van der Waals surface area contributed by atoms with Crippen LogP contribution in [0.5, 0.6) is 0 Å². The van der Waals surface area contributed by atoms with E-state index in [2.05, 4.69) is 0 Å². The highest BCUT2D eigenvalue weighted by Crippen LogP contribution is 2.33. The second-order valence-electron chi connectivity index (χ2n) is 3.08. The molecule has 2 heterocycles. The zero-order chi connectivity index (χ0) is 10.5. The van der Waals surface area contributed by atoms with E-state index in [0.29, 0.717) is 5.03 Å². The molecule has 76 valence electrons. The second-order valence-corrected chi connectivity index (χ2v) is 5.54. The molecule has 0 aromatic carbocycles. The third-order valence-corrected chi connectivity index (χ3v) is 4.77. The first-order valence-electron chi connectivity index (χ1n) is 3.89. The highest BCUT2D eigenvalue weighted by molar-refractivity contribution is 8.11. The van der Waals surface area contributed by atoms with Crippen molar-refractivity contribution < 1.29 is 14.7 Å². The fraction of sp³-hybridized carbons (Fsp3) is 0.429. The highest BCUT2D eigenvalue weighted by atomic mass is 35.5. The number of rotatable bonds is 0. The summed E-state index contributed by atoms with van der Waals surface area (Å²) in [7, 11) is -0.969. The monoisotopic (exact) mass is 235 g/mol. The van der Waals surface area contributed by atoms with Crippen LogP contribution >= 0.6 is 11.6 Å². The molecule has 2 aliphatic heterocycles. The smallest absolute Gasteiger partial charge is 0.441 e. The van der Waals surface area contributed by atoms with Crippen molar-refractivity contribution in [2.24, 2.45) is 5.73 Å². The number of carbonyl (C=O) groups excluding carboxylic acids is 1. The lowest BCUT2D eigenvalue weighted by Crippen LogP contribution is -2.71. The molecule has 0 bridgehead atoms. The summed E-state index contributed by atoms with van der Waals surface area (Å²) in [6.45, 7) is 0. The van der Waals surface area contributed by atoms with Gasteiger partial charge in [-0.05, 0) is 0 Å². The minimum atomic E-state index is -0.969. The molecule has 3 atom stereocenters. The Hall–Kier alpha value is -0.720. The van der Waals surface area contributed by atoms with E-state index in [0.717, 1.165) is 0 Å². The topological polar surface area (TPSA) is 83.6 Å². The van der Waals surface area contributed by atoms with Crippen molar-refractivity contribution >= 4 is 33.7 Å². The SMILES string of the molecule is NC1C(=O)N2C=C(Cl)C[S+](C(=O)O)[C@H]12. The zero-order valence-corrected chi connectivity index (χ0v) is 8.59. The van der Waals surface area contributed by atoms with Gasteiger partial charge < -0.3 is 10.8 Å². The predicted molar refractivity (Wildman–Crippen MR) is 52.8 cm³/mol. The molecule has 0 spiro atoms. The van der Waals surface area contributed by atoms with Crippen LogP contribution in [0, 0.1) is 0 Å². The van der Waals surface area contributed by atoms with Crippen molar-refractivity contribution in [2.75, 3.05) is 5.75 Å². The van der Waals surface area contributed by atoms with Crippen LogP contribution in [-0.4, -0.2) is 38.4 Å². The molecular weight excluding hydrogens is 228 g/mol. The summed E-state index contributed by atoms with van der Waals surface area (Å²) in [5, 5.41) is 7.97. The molecule has 2 aliphatic rings. The van der Waals surface area contributed by atoms with Crippen LogP contribution in [-0.2, 0) is 15.7 Å². The average molecular weight is 236 g/mol. The van der Waals surface area contributed by atoms with E-state index in [1.807, 2.05) is 0 Å². The number of nitrogens with two attached hydrogens (primary N) is 1. The van der Waals surface area contributed by atoms with Gasteiger partial charge in [-0.15, -0.1) is 0 Å². The van der Waals surface area contributed by atoms with Gasteiger partial charge in [0.05, 0.1) is 5.03 Å². The largest absolute Gasteiger partial charge is 0.525 e. The minimum Gasteiger partial charge on any atom is -0.441 e. The van der Waals surface area contributed by atoms with Crippen molar-refractivity contribution in [1.29, 1.82) is 0 Å². The van der Waals surface area contributed by atoms with Gasteiger partial charge in [0.25, 0.3) is 5.91 Å². The molecular formula is C7H8ClN2O3S+. The van der Waals surface area contributed by atoms with E-state index in [4.69, 9.17) is 22.4 Å². The summed E-state index contributed by atoms with van der Waals surface area (Å²) in [6, 6.07) is -0.685. The first-order valence-corrected chi connectivity index (χ1v) is 5.72. The molecule has 3 N–H and O–H groups in total. The lowest BCUT2D eigenvalue weighted by Gasteiger charge is -2.41. The fourth-order valence-electron chi connectivity index (χ4n) is 1.55. The number of halogens is 1. The fourth-order valence-corrected chi connectivity index (χ4v) is 3.79. The number of carbonyl (C=O) groups is 2. The Labute approximate surface area is 87.8 Å². The summed E-state index contributed by atoms with van der Waals surface area (Å²) in [5.41, 5.74) is 5.53. The van der Waals surface area contributed by atoms with E-state index in [1.54, 1.807) is 0 Å². The maximum atomic E-state index is 11.2. The van der Waals surface area contributed by atoms with Crippen LogP contribution in [0.1, 0.15) is 0 Å². The van der Waals surface area contributed by atoms with Crippen molar-refractivity contribution in [3.05, 3.63) is 11.2 Å². The highest BCUT2D eigenvalue weighted by Gasteiger charge is 2.60. The summed E-state index contributed by atoms with van der Waals surface area (Å²) in [5.74, 6) is 0.0190. The summed E-state index contributed by atoms with van der Waals surface area (Å²) in [6.07, 6.45) is 1.48. The van der Waals surface area contributed by atoms with Gasteiger partial charge >= 0.3 is 5.30 Å². The van der Waals surface area contributed by atoms with Gasteiger partial charge in [0.1, 0.15) is 10.9 Å². The Morgan fingerprint density at radius 1 is 1.79 bits per heavy atom. The Balaban J connectivity index is 2.29. The number of fused-ring (bicyclic) bond motifs is 1. The van der Waals surface area contributed by atoms with E-state index in [9.17, 15) is 9.59 Å². The van der Waals surface area contributed by atoms with Crippen LogP contribution in [0.2, 0.25) is 0 Å². The number of hydrogen-bond acceptors (Lipinski definition) is 3. The maximum absolute atomic E-state index is 11.2. The number of carboxylic acid groups (broad SMARTS) is 1. The third-order valence-electron chi connectivity index (χ3n) is 2.21. The van der Waals surface area contributed by atoms with E-state index >= 15 is 0 Å². The minimum absolute atomic E-state index is 0.258. The maximum Gasteiger partial charge on any atom is 0.525 e. The Bertz CT molecular complexity index is 346. The molecule has 7 heteroatoms. The molecule has 1 saturated heterocycles. The summed E-state index contributed by atoms with van der Waals surface area (Å²) < 4.78 is 0. The van der Waals surface area contributed by atoms with Gasteiger partial charge in [-0.2, -0.15) is 4.79 Å². The van der Waals surface area contributed by atoms with Gasteiger partial charge in [0, 0.05) is 6.20 Å². The van der Waals surface area contributed by atoms with E-state index in [-0.39, 0.29) is 11.7 Å². The normalized spacial score (nSPS) is 35.9. The molecule has 2 rings (SSSR count). The molecule has 0 radical (unpaired) electrons. The molecule has 14 heavy (non-hydrogen) atoms. The standard InChI is InChI=1S/C7H7ClN2O3S/c8-3-1-10-5(11)4(9)6(10)14(2-3)7(12)13/h1,4,6H,2,9H2/p+1/t4?,6-,14?/m1/s1. The predicted octanol–water partition coefficient (Wildman–Crippen LogP) is -0.128. The van der Waals surface area contributed by atoms with Gasteiger partial charge in [-0.3, -0.25) is 9.69 Å². The molecule has 1 amide bonds. The van der Waals surface area contributed by atoms with Crippen LogP contribution in [0.25, 0.3) is 0 Å². The average Bonchev–Trinajstić information content (AvgIpc) is 2.15. The first-order chi connectivity index (χ1) is 6.52. The number of hydrogen-bond donors (Lipinski definition) is 2. The van der Waals surface area contributed by atoms with Gasteiger partial charge in [0.15, 0.2) is 11.8 Å².